The molecule has 0 heterocycles. The maximum Gasteiger partial charge on any atom is 0.222 e. The van der Waals surface area contributed by atoms with Crippen LogP contribution < -0.4 is 0 Å². The molecule has 0 aromatic heterocycles. The first-order valence-corrected chi connectivity index (χ1v) is 5.13. The van der Waals surface area contributed by atoms with Crippen LogP contribution in [0, 0.1) is 11.8 Å². The third-order valence-electron chi connectivity index (χ3n) is 1.43. The summed E-state index contributed by atoms with van der Waals surface area (Å²) in [6.45, 7) is 5.89. The van der Waals surface area contributed by atoms with E-state index in [2.05, 4.69) is 11.8 Å². The van der Waals surface area contributed by atoms with Gasteiger partial charge in [-0.25, -0.2) is 0 Å². The Morgan fingerprint density at radius 1 is 1.13 bits per heavy atom. The lowest BCUT2D eigenvalue weighted by molar-refractivity contribution is -0.0970. The van der Waals surface area contributed by atoms with Crippen LogP contribution in [0.4, 0.5) is 0 Å². The van der Waals surface area contributed by atoms with Crippen LogP contribution in [0.2, 0.25) is 0 Å². The molecular formula is C11H20O4. The number of rotatable bonds is 8. The minimum atomic E-state index is -0.414. The zero-order chi connectivity index (χ0) is 11.4. The van der Waals surface area contributed by atoms with E-state index in [0.717, 1.165) is 0 Å². The fraction of sp³-hybridized carbons (Fsp3) is 0.818. The highest BCUT2D eigenvalue weighted by atomic mass is 16.7. The van der Waals surface area contributed by atoms with Crippen LogP contribution in [0.3, 0.4) is 0 Å². The zero-order valence-electron chi connectivity index (χ0n) is 9.75. The van der Waals surface area contributed by atoms with Crippen molar-refractivity contribution in [1.82, 2.24) is 0 Å². The van der Waals surface area contributed by atoms with Crippen molar-refractivity contribution >= 4 is 0 Å². The van der Waals surface area contributed by atoms with Crippen molar-refractivity contribution in [2.75, 3.05) is 33.7 Å². The minimum absolute atomic E-state index is 0.308. The monoisotopic (exact) mass is 216 g/mol. The van der Waals surface area contributed by atoms with Gasteiger partial charge in [-0.05, 0) is 19.8 Å². The van der Waals surface area contributed by atoms with Gasteiger partial charge in [-0.1, -0.05) is 5.92 Å². The van der Waals surface area contributed by atoms with Gasteiger partial charge < -0.3 is 18.9 Å². The van der Waals surface area contributed by atoms with Crippen LogP contribution in [0.1, 0.15) is 20.3 Å². The summed E-state index contributed by atoms with van der Waals surface area (Å²) in [7, 11) is 1.59. The number of hydrogen-bond acceptors (Lipinski definition) is 4. The summed E-state index contributed by atoms with van der Waals surface area (Å²) in [5.41, 5.74) is 0. The van der Waals surface area contributed by atoms with Gasteiger partial charge in [0.25, 0.3) is 0 Å². The number of ether oxygens (including phenoxy) is 4. The van der Waals surface area contributed by atoms with E-state index < -0.39 is 6.29 Å². The summed E-state index contributed by atoms with van der Waals surface area (Å²) in [5.74, 6) is 5.82. The molecular weight excluding hydrogens is 196 g/mol. The number of methoxy groups -OCH3 is 1. The first-order valence-electron chi connectivity index (χ1n) is 5.13. The molecule has 0 atom stereocenters. The lowest BCUT2D eigenvalue weighted by atomic mass is 10.4. The Kier molecular flexibility index (Phi) is 11.0. The van der Waals surface area contributed by atoms with Crippen LogP contribution in [0.15, 0.2) is 0 Å². The van der Waals surface area contributed by atoms with Crippen molar-refractivity contribution < 1.29 is 18.9 Å². The first kappa shape index (κ1) is 14.4. The SMILES string of the molecule is CCOC(C#CCCOCOC)OCC. The Morgan fingerprint density at radius 3 is 2.33 bits per heavy atom. The normalized spacial score (nSPS) is 10.1. The van der Waals surface area contributed by atoms with Gasteiger partial charge in [-0.2, -0.15) is 0 Å². The summed E-state index contributed by atoms with van der Waals surface area (Å²) in [6.07, 6.45) is 0.238. The molecule has 0 N–H and O–H groups in total. The van der Waals surface area contributed by atoms with Crippen LogP contribution in [0.5, 0.6) is 0 Å². The molecule has 0 spiro atoms. The van der Waals surface area contributed by atoms with E-state index in [1.807, 2.05) is 13.8 Å². The first-order chi connectivity index (χ1) is 7.35. The van der Waals surface area contributed by atoms with Gasteiger partial charge in [0, 0.05) is 26.7 Å². The number of hydrogen-bond donors (Lipinski definition) is 0. The maximum atomic E-state index is 5.25. The molecule has 88 valence electrons. The van der Waals surface area contributed by atoms with Gasteiger partial charge in [0.1, 0.15) is 6.79 Å². The second kappa shape index (κ2) is 11.5. The Labute approximate surface area is 91.8 Å². The molecule has 0 rings (SSSR count). The standard InChI is InChI=1S/C11H20O4/c1-4-14-11(15-5-2)8-6-7-9-13-10-12-3/h11H,4-5,7,9-10H2,1-3H3. The van der Waals surface area contributed by atoms with Crippen molar-refractivity contribution in [3.8, 4) is 11.8 Å². The molecule has 0 saturated carbocycles. The predicted molar refractivity (Wildman–Crippen MR) is 57.3 cm³/mol. The summed E-state index contributed by atoms with van der Waals surface area (Å²) in [5, 5.41) is 0. The van der Waals surface area contributed by atoms with E-state index in [-0.39, 0.29) is 0 Å². The summed E-state index contributed by atoms with van der Waals surface area (Å²) >= 11 is 0. The molecule has 0 radical (unpaired) electrons. The zero-order valence-corrected chi connectivity index (χ0v) is 9.75. The van der Waals surface area contributed by atoms with E-state index >= 15 is 0 Å². The fourth-order valence-electron chi connectivity index (χ4n) is 0.855. The van der Waals surface area contributed by atoms with Gasteiger partial charge in [0.2, 0.25) is 6.29 Å². The van der Waals surface area contributed by atoms with E-state index in [0.29, 0.717) is 33.0 Å². The quantitative estimate of drug-likeness (QED) is 0.349. The van der Waals surface area contributed by atoms with Gasteiger partial charge in [0.15, 0.2) is 0 Å². The van der Waals surface area contributed by atoms with Crippen LogP contribution >= 0.6 is 0 Å². The summed E-state index contributed by atoms with van der Waals surface area (Å²) in [6, 6.07) is 0. The molecule has 0 amide bonds. The second-order valence-corrected chi connectivity index (χ2v) is 2.63. The molecule has 0 aliphatic carbocycles. The fourth-order valence-corrected chi connectivity index (χ4v) is 0.855. The topological polar surface area (TPSA) is 36.9 Å². The largest absolute Gasteiger partial charge is 0.359 e. The van der Waals surface area contributed by atoms with Crippen molar-refractivity contribution in [2.24, 2.45) is 0 Å². The van der Waals surface area contributed by atoms with Gasteiger partial charge in [-0.15, -0.1) is 0 Å². The Bertz CT molecular complexity index is 177. The van der Waals surface area contributed by atoms with Crippen molar-refractivity contribution in [1.29, 1.82) is 0 Å². The summed E-state index contributed by atoms with van der Waals surface area (Å²) in [4.78, 5) is 0. The van der Waals surface area contributed by atoms with Gasteiger partial charge in [0.05, 0.1) is 6.61 Å². The lowest BCUT2D eigenvalue weighted by Crippen LogP contribution is -2.14. The average molecular weight is 216 g/mol. The lowest BCUT2D eigenvalue weighted by Gasteiger charge is -2.09. The minimum Gasteiger partial charge on any atom is -0.359 e. The third-order valence-corrected chi connectivity index (χ3v) is 1.43. The Balaban J connectivity index is 3.59. The van der Waals surface area contributed by atoms with Gasteiger partial charge >= 0.3 is 0 Å². The molecule has 0 aliphatic heterocycles. The summed E-state index contributed by atoms with van der Waals surface area (Å²) < 4.78 is 20.3. The van der Waals surface area contributed by atoms with Crippen LogP contribution in [0.25, 0.3) is 0 Å². The van der Waals surface area contributed by atoms with E-state index in [9.17, 15) is 0 Å². The highest BCUT2D eigenvalue weighted by Gasteiger charge is 2.00. The van der Waals surface area contributed by atoms with E-state index in [1.54, 1.807) is 7.11 Å². The van der Waals surface area contributed by atoms with Crippen molar-refractivity contribution in [3.05, 3.63) is 0 Å². The molecule has 0 unspecified atom stereocenters. The predicted octanol–water partition coefficient (Wildman–Crippen LogP) is 1.40. The molecule has 0 bridgehead atoms. The molecule has 0 fully saturated rings. The molecule has 4 nitrogen and oxygen atoms in total. The smallest absolute Gasteiger partial charge is 0.222 e. The van der Waals surface area contributed by atoms with E-state index in [4.69, 9.17) is 18.9 Å². The molecule has 0 aromatic carbocycles. The third kappa shape index (κ3) is 9.70. The molecule has 0 saturated heterocycles. The van der Waals surface area contributed by atoms with Gasteiger partial charge in [-0.3, -0.25) is 0 Å². The molecule has 15 heavy (non-hydrogen) atoms. The highest BCUT2D eigenvalue weighted by molar-refractivity contribution is 5.02. The van der Waals surface area contributed by atoms with Crippen molar-refractivity contribution in [2.45, 2.75) is 26.6 Å². The second-order valence-electron chi connectivity index (χ2n) is 2.63. The maximum absolute atomic E-state index is 5.25. The van der Waals surface area contributed by atoms with Crippen molar-refractivity contribution in [3.63, 3.8) is 0 Å². The Morgan fingerprint density at radius 2 is 1.80 bits per heavy atom. The average Bonchev–Trinajstić information content (AvgIpc) is 2.24. The molecule has 4 heteroatoms. The molecule has 0 aromatic rings. The van der Waals surface area contributed by atoms with Crippen LogP contribution in [-0.2, 0) is 18.9 Å². The van der Waals surface area contributed by atoms with Crippen LogP contribution in [-0.4, -0.2) is 40.0 Å². The molecule has 0 aliphatic rings. The van der Waals surface area contributed by atoms with E-state index in [1.165, 1.54) is 0 Å². The highest BCUT2D eigenvalue weighted by Crippen LogP contribution is 1.93. The Hall–Kier alpha value is -0.600.